The van der Waals surface area contributed by atoms with Crippen LogP contribution in [0.1, 0.15) is 18.1 Å². The van der Waals surface area contributed by atoms with Crippen LogP contribution in [0, 0.1) is 6.92 Å². The first-order chi connectivity index (χ1) is 12.9. The van der Waals surface area contributed by atoms with E-state index in [1.807, 2.05) is 49.4 Å². The van der Waals surface area contributed by atoms with Crippen molar-refractivity contribution in [3.63, 3.8) is 0 Å². The van der Waals surface area contributed by atoms with Gasteiger partial charge in [0.05, 0.1) is 7.11 Å². The van der Waals surface area contributed by atoms with E-state index in [0.717, 1.165) is 16.9 Å². The Bertz CT molecular complexity index is 774. The third-order valence-corrected chi connectivity index (χ3v) is 4.28. The summed E-state index contributed by atoms with van der Waals surface area (Å²) in [6, 6.07) is 14.3. The minimum absolute atomic E-state index is 0.138. The molecular formula is C21H26N2O4. The number of hydrogen-bond acceptors (Lipinski definition) is 4. The van der Waals surface area contributed by atoms with Crippen molar-refractivity contribution < 1.29 is 19.1 Å². The fraction of sp³-hybridized carbons (Fsp3) is 0.333. The second kappa shape index (κ2) is 9.62. The van der Waals surface area contributed by atoms with Crippen molar-refractivity contribution in [2.75, 3.05) is 20.8 Å². The molecule has 144 valence electrons. The molecule has 0 heterocycles. The van der Waals surface area contributed by atoms with E-state index in [9.17, 15) is 9.59 Å². The van der Waals surface area contributed by atoms with Crippen molar-refractivity contribution >= 4 is 11.8 Å². The van der Waals surface area contributed by atoms with Gasteiger partial charge in [-0.05, 0) is 49.2 Å². The maximum absolute atomic E-state index is 12.8. The molecule has 6 nitrogen and oxygen atoms in total. The molecular weight excluding hydrogens is 344 g/mol. The maximum atomic E-state index is 12.8. The Kier molecular flexibility index (Phi) is 7.23. The molecule has 0 saturated carbocycles. The van der Waals surface area contributed by atoms with Gasteiger partial charge >= 0.3 is 0 Å². The second-order valence-corrected chi connectivity index (χ2v) is 6.27. The van der Waals surface area contributed by atoms with E-state index in [1.54, 1.807) is 27.1 Å². The quantitative estimate of drug-likeness (QED) is 0.775. The number of amides is 2. The lowest BCUT2D eigenvalue weighted by Crippen LogP contribution is -2.48. The van der Waals surface area contributed by atoms with Gasteiger partial charge in [-0.2, -0.15) is 0 Å². The van der Waals surface area contributed by atoms with E-state index < -0.39 is 6.04 Å². The van der Waals surface area contributed by atoms with Gasteiger partial charge in [-0.3, -0.25) is 9.59 Å². The van der Waals surface area contributed by atoms with Crippen molar-refractivity contribution in [2.45, 2.75) is 26.4 Å². The number of likely N-dealkylation sites (N-methyl/N-ethyl adjacent to an activating group) is 1. The first kappa shape index (κ1) is 20.3. The highest BCUT2D eigenvalue weighted by molar-refractivity contribution is 5.87. The molecule has 0 saturated heterocycles. The molecule has 0 bridgehead atoms. The van der Waals surface area contributed by atoms with Gasteiger partial charge < -0.3 is 19.7 Å². The highest BCUT2D eigenvalue weighted by atomic mass is 16.5. The molecule has 6 heteroatoms. The summed E-state index contributed by atoms with van der Waals surface area (Å²) in [5, 5.41) is 2.59. The van der Waals surface area contributed by atoms with Crippen LogP contribution in [0.2, 0.25) is 0 Å². The molecule has 27 heavy (non-hydrogen) atoms. The number of rotatable bonds is 8. The average Bonchev–Trinajstić information content (AvgIpc) is 2.69. The summed E-state index contributed by atoms with van der Waals surface area (Å²) in [4.78, 5) is 26.4. The molecule has 2 amide bonds. The number of hydrogen-bond donors (Lipinski definition) is 1. The fourth-order valence-electron chi connectivity index (χ4n) is 2.65. The van der Waals surface area contributed by atoms with Gasteiger partial charge in [-0.1, -0.05) is 24.3 Å². The van der Waals surface area contributed by atoms with Gasteiger partial charge in [0.2, 0.25) is 5.91 Å². The molecule has 0 aliphatic heterocycles. The zero-order valence-corrected chi connectivity index (χ0v) is 16.2. The van der Waals surface area contributed by atoms with E-state index in [-0.39, 0.29) is 18.4 Å². The molecule has 2 aromatic rings. The number of carbonyl (C=O) groups excluding carboxylic acids is 2. The lowest BCUT2D eigenvalue weighted by molar-refractivity contribution is -0.142. The van der Waals surface area contributed by atoms with Crippen molar-refractivity contribution in [3.8, 4) is 11.5 Å². The minimum atomic E-state index is -0.620. The molecule has 0 aliphatic carbocycles. The third kappa shape index (κ3) is 5.74. The summed E-state index contributed by atoms with van der Waals surface area (Å²) in [5.74, 6) is 0.870. The largest absolute Gasteiger partial charge is 0.497 e. The molecule has 0 spiro atoms. The van der Waals surface area contributed by atoms with E-state index in [4.69, 9.17) is 9.47 Å². The highest BCUT2D eigenvalue weighted by Gasteiger charge is 2.25. The SMILES string of the molecule is CNC(=O)[C@@H](C)N(Cc1ccc(OC)cc1)C(=O)COc1cccc(C)c1. The predicted molar refractivity (Wildman–Crippen MR) is 104 cm³/mol. The van der Waals surface area contributed by atoms with Crippen molar-refractivity contribution in [2.24, 2.45) is 0 Å². The second-order valence-electron chi connectivity index (χ2n) is 6.27. The summed E-state index contributed by atoms with van der Waals surface area (Å²) in [6.45, 7) is 3.82. The van der Waals surface area contributed by atoms with Gasteiger partial charge in [-0.15, -0.1) is 0 Å². The van der Waals surface area contributed by atoms with Crippen LogP contribution in [0.5, 0.6) is 11.5 Å². The average molecular weight is 370 g/mol. The molecule has 0 aromatic heterocycles. The fourth-order valence-corrected chi connectivity index (χ4v) is 2.65. The van der Waals surface area contributed by atoms with Crippen molar-refractivity contribution in [3.05, 3.63) is 59.7 Å². The summed E-state index contributed by atoms with van der Waals surface area (Å²) in [5.41, 5.74) is 1.95. The number of aryl methyl sites for hydroxylation is 1. The lowest BCUT2D eigenvalue weighted by Gasteiger charge is -2.28. The van der Waals surface area contributed by atoms with Crippen LogP contribution >= 0.6 is 0 Å². The first-order valence-corrected chi connectivity index (χ1v) is 8.78. The molecule has 0 unspecified atom stereocenters. The molecule has 2 rings (SSSR count). The zero-order valence-electron chi connectivity index (χ0n) is 16.2. The Labute approximate surface area is 160 Å². The molecule has 1 atom stereocenters. The normalized spacial score (nSPS) is 11.4. The Morgan fingerprint density at radius 1 is 1.11 bits per heavy atom. The minimum Gasteiger partial charge on any atom is -0.497 e. The summed E-state index contributed by atoms with van der Waals surface area (Å²) in [6.07, 6.45) is 0. The van der Waals surface area contributed by atoms with Crippen LogP contribution in [0.25, 0.3) is 0 Å². The molecule has 0 radical (unpaired) electrons. The van der Waals surface area contributed by atoms with E-state index in [2.05, 4.69) is 5.32 Å². The van der Waals surface area contributed by atoms with Gasteiger partial charge in [0.25, 0.3) is 5.91 Å². The number of nitrogens with one attached hydrogen (secondary N) is 1. The molecule has 0 fully saturated rings. The molecule has 1 N–H and O–H groups in total. The predicted octanol–water partition coefficient (Wildman–Crippen LogP) is 2.55. The summed E-state index contributed by atoms with van der Waals surface area (Å²) >= 11 is 0. The monoisotopic (exact) mass is 370 g/mol. The van der Waals surface area contributed by atoms with Crippen molar-refractivity contribution in [1.82, 2.24) is 10.2 Å². The van der Waals surface area contributed by atoms with Crippen LogP contribution in [-0.2, 0) is 16.1 Å². The standard InChI is InChI=1S/C21H26N2O4/c1-15-6-5-7-19(12-15)27-14-20(24)23(16(2)21(25)22-3)13-17-8-10-18(26-4)11-9-17/h5-12,16H,13-14H2,1-4H3,(H,22,25)/t16-/m1/s1. The van der Waals surface area contributed by atoms with E-state index in [1.165, 1.54) is 4.90 Å². The summed E-state index contributed by atoms with van der Waals surface area (Å²) < 4.78 is 10.8. The van der Waals surface area contributed by atoms with Crippen LogP contribution in [0.15, 0.2) is 48.5 Å². The summed E-state index contributed by atoms with van der Waals surface area (Å²) in [7, 11) is 3.15. The Morgan fingerprint density at radius 3 is 2.41 bits per heavy atom. The number of methoxy groups -OCH3 is 1. The first-order valence-electron chi connectivity index (χ1n) is 8.78. The molecule has 0 aliphatic rings. The topological polar surface area (TPSA) is 67.9 Å². The maximum Gasteiger partial charge on any atom is 0.261 e. The van der Waals surface area contributed by atoms with E-state index >= 15 is 0 Å². The number of benzene rings is 2. The third-order valence-electron chi connectivity index (χ3n) is 4.28. The van der Waals surface area contributed by atoms with Gasteiger partial charge in [-0.25, -0.2) is 0 Å². The number of carbonyl (C=O) groups is 2. The smallest absolute Gasteiger partial charge is 0.261 e. The van der Waals surface area contributed by atoms with E-state index in [0.29, 0.717) is 12.3 Å². The van der Waals surface area contributed by atoms with Gasteiger partial charge in [0, 0.05) is 13.6 Å². The zero-order chi connectivity index (χ0) is 19.8. The number of ether oxygens (including phenoxy) is 2. The van der Waals surface area contributed by atoms with Crippen LogP contribution in [0.4, 0.5) is 0 Å². The Morgan fingerprint density at radius 2 is 1.81 bits per heavy atom. The Balaban J connectivity index is 2.12. The lowest BCUT2D eigenvalue weighted by atomic mass is 10.1. The van der Waals surface area contributed by atoms with Crippen LogP contribution < -0.4 is 14.8 Å². The van der Waals surface area contributed by atoms with Gasteiger partial charge in [0.15, 0.2) is 6.61 Å². The number of nitrogens with zero attached hydrogens (tertiary/aromatic N) is 1. The van der Waals surface area contributed by atoms with Crippen LogP contribution in [0.3, 0.4) is 0 Å². The van der Waals surface area contributed by atoms with Crippen molar-refractivity contribution in [1.29, 1.82) is 0 Å². The molecule has 2 aromatic carbocycles. The van der Waals surface area contributed by atoms with Crippen LogP contribution in [-0.4, -0.2) is 43.5 Å². The Hall–Kier alpha value is -3.02. The highest BCUT2D eigenvalue weighted by Crippen LogP contribution is 2.16. The van der Waals surface area contributed by atoms with Gasteiger partial charge in [0.1, 0.15) is 17.5 Å².